The molecule has 0 saturated heterocycles. The van der Waals surface area contributed by atoms with Crippen LogP contribution >= 0.6 is 0 Å². The zero-order valence-corrected chi connectivity index (χ0v) is 15.2. The Morgan fingerprint density at radius 3 is 2.40 bits per heavy atom. The first-order valence-corrected chi connectivity index (χ1v) is 8.45. The molecule has 0 saturated carbocycles. The number of amides is 1. The molecule has 2 rings (SSSR count). The lowest BCUT2D eigenvalue weighted by Crippen LogP contribution is -2.33. The van der Waals surface area contributed by atoms with Crippen molar-refractivity contribution in [2.75, 3.05) is 6.61 Å². The number of carbonyl (C=O) groups excluding carboxylic acids is 2. The number of furan rings is 1. The molecule has 134 valence electrons. The average Bonchev–Trinajstić information content (AvgIpc) is 2.91. The Bertz CT molecular complexity index is 719. The smallest absolute Gasteiger partial charge is 0.342 e. The lowest BCUT2D eigenvalue weighted by Gasteiger charge is -2.21. The second-order valence-electron chi connectivity index (χ2n) is 6.56. The van der Waals surface area contributed by atoms with Crippen LogP contribution in [0.4, 0.5) is 0 Å². The van der Waals surface area contributed by atoms with E-state index in [9.17, 15) is 9.59 Å². The number of aryl methyl sites for hydroxylation is 2. The molecule has 0 bridgehead atoms. The van der Waals surface area contributed by atoms with Crippen LogP contribution < -0.4 is 5.32 Å². The van der Waals surface area contributed by atoms with E-state index >= 15 is 0 Å². The summed E-state index contributed by atoms with van der Waals surface area (Å²) in [4.78, 5) is 24.3. The van der Waals surface area contributed by atoms with Crippen molar-refractivity contribution in [3.05, 3.63) is 59.0 Å². The van der Waals surface area contributed by atoms with Gasteiger partial charge in [0.05, 0.1) is 6.04 Å². The first-order chi connectivity index (χ1) is 11.9. The van der Waals surface area contributed by atoms with Gasteiger partial charge in [0.15, 0.2) is 6.61 Å². The van der Waals surface area contributed by atoms with Crippen molar-refractivity contribution < 1.29 is 18.7 Å². The van der Waals surface area contributed by atoms with Crippen molar-refractivity contribution >= 4 is 11.9 Å². The first-order valence-electron chi connectivity index (χ1n) is 8.45. The van der Waals surface area contributed by atoms with Crippen LogP contribution in [0.5, 0.6) is 0 Å². The monoisotopic (exact) mass is 343 g/mol. The van der Waals surface area contributed by atoms with Crippen LogP contribution in [0.15, 0.2) is 40.8 Å². The number of carbonyl (C=O) groups is 2. The highest BCUT2D eigenvalue weighted by Crippen LogP contribution is 2.21. The van der Waals surface area contributed by atoms with Crippen LogP contribution in [0.1, 0.15) is 53.8 Å². The Kier molecular flexibility index (Phi) is 6.39. The van der Waals surface area contributed by atoms with E-state index in [0.717, 1.165) is 12.0 Å². The van der Waals surface area contributed by atoms with Crippen LogP contribution in [0.3, 0.4) is 0 Å². The van der Waals surface area contributed by atoms with Crippen molar-refractivity contribution in [3.63, 3.8) is 0 Å². The van der Waals surface area contributed by atoms with Gasteiger partial charge in [-0.2, -0.15) is 0 Å². The zero-order chi connectivity index (χ0) is 18.4. The van der Waals surface area contributed by atoms with E-state index in [1.807, 2.05) is 30.3 Å². The van der Waals surface area contributed by atoms with Crippen molar-refractivity contribution in [1.29, 1.82) is 0 Å². The van der Waals surface area contributed by atoms with E-state index in [2.05, 4.69) is 19.2 Å². The lowest BCUT2D eigenvalue weighted by atomic mass is 9.97. The van der Waals surface area contributed by atoms with Gasteiger partial charge in [-0.15, -0.1) is 0 Å². The van der Waals surface area contributed by atoms with E-state index < -0.39 is 5.97 Å². The largest absolute Gasteiger partial charge is 0.466 e. The van der Waals surface area contributed by atoms with Gasteiger partial charge in [0.2, 0.25) is 0 Å². The molecule has 0 aliphatic heterocycles. The standard InChI is InChI=1S/C20H25NO4/c1-13(2)10-18(16-8-6-5-7-9-16)21-19(22)12-24-20(23)17-11-14(3)25-15(17)4/h5-9,11,13,18H,10,12H2,1-4H3,(H,21,22)/t18-/m0/s1. The summed E-state index contributed by atoms with van der Waals surface area (Å²) < 4.78 is 10.4. The highest BCUT2D eigenvalue weighted by atomic mass is 16.5. The molecule has 0 aliphatic rings. The van der Waals surface area contributed by atoms with Gasteiger partial charge in [0.1, 0.15) is 17.1 Å². The molecule has 0 aliphatic carbocycles. The predicted octanol–water partition coefficient (Wildman–Crippen LogP) is 3.96. The number of rotatable bonds is 7. The maximum atomic E-state index is 12.2. The molecule has 0 spiro atoms. The quantitative estimate of drug-likeness (QED) is 0.773. The van der Waals surface area contributed by atoms with Crippen molar-refractivity contribution in [3.8, 4) is 0 Å². The molecule has 1 N–H and O–H groups in total. The molecule has 1 amide bonds. The third-order valence-corrected chi connectivity index (χ3v) is 3.84. The summed E-state index contributed by atoms with van der Waals surface area (Å²) in [6.07, 6.45) is 0.809. The Morgan fingerprint density at radius 1 is 1.16 bits per heavy atom. The molecule has 5 heteroatoms. The fraction of sp³-hybridized carbons (Fsp3) is 0.400. The summed E-state index contributed by atoms with van der Waals surface area (Å²) in [6, 6.07) is 11.3. The minimum Gasteiger partial charge on any atom is -0.466 e. The highest BCUT2D eigenvalue weighted by Gasteiger charge is 2.19. The molecule has 5 nitrogen and oxygen atoms in total. The normalized spacial score (nSPS) is 12.0. The SMILES string of the molecule is Cc1cc(C(=O)OCC(=O)N[C@@H](CC(C)C)c2ccccc2)c(C)o1. The maximum absolute atomic E-state index is 12.2. The minimum absolute atomic E-state index is 0.106. The summed E-state index contributed by atoms with van der Waals surface area (Å²) in [7, 11) is 0. The Hall–Kier alpha value is -2.56. The van der Waals surface area contributed by atoms with Gasteiger partial charge >= 0.3 is 5.97 Å². The van der Waals surface area contributed by atoms with Gasteiger partial charge in [-0.05, 0) is 37.8 Å². The third-order valence-electron chi connectivity index (χ3n) is 3.84. The number of benzene rings is 1. The predicted molar refractivity (Wildman–Crippen MR) is 95.2 cm³/mol. The van der Waals surface area contributed by atoms with Gasteiger partial charge in [-0.3, -0.25) is 4.79 Å². The molecule has 1 atom stereocenters. The molecule has 0 radical (unpaired) electrons. The number of esters is 1. The molecular formula is C20H25NO4. The lowest BCUT2D eigenvalue weighted by molar-refractivity contribution is -0.125. The van der Waals surface area contributed by atoms with Crippen LogP contribution in [-0.2, 0) is 9.53 Å². The zero-order valence-electron chi connectivity index (χ0n) is 15.2. The Morgan fingerprint density at radius 2 is 1.84 bits per heavy atom. The van der Waals surface area contributed by atoms with Gasteiger partial charge in [-0.1, -0.05) is 44.2 Å². The van der Waals surface area contributed by atoms with E-state index in [0.29, 0.717) is 23.0 Å². The molecule has 1 aromatic carbocycles. The number of hydrogen-bond donors (Lipinski definition) is 1. The van der Waals surface area contributed by atoms with E-state index in [1.54, 1.807) is 19.9 Å². The Labute approximate surface area is 148 Å². The van der Waals surface area contributed by atoms with Crippen molar-refractivity contribution in [2.24, 2.45) is 5.92 Å². The van der Waals surface area contributed by atoms with Crippen LogP contribution in [-0.4, -0.2) is 18.5 Å². The number of ether oxygens (including phenoxy) is 1. The summed E-state index contributed by atoms with van der Waals surface area (Å²) in [5, 5.41) is 2.95. The van der Waals surface area contributed by atoms with E-state index in [-0.39, 0.29) is 18.6 Å². The van der Waals surface area contributed by atoms with Crippen LogP contribution in [0, 0.1) is 19.8 Å². The third kappa shape index (κ3) is 5.48. The first kappa shape index (κ1) is 18.8. The summed E-state index contributed by atoms with van der Waals surface area (Å²) in [6.45, 7) is 7.34. The molecule has 1 aromatic heterocycles. The van der Waals surface area contributed by atoms with Gasteiger partial charge in [-0.25, -0.2) is 4.79 Å². The summed E-state index contributed by atoms with van der Waals surface area (Å²) >= 11 is 0. The van der Waals surface area contributed by atoms with Gasteiger partial charge < -0.3 is 14.5 Å². The second-order valence-corrected chi connectivity index (χ2v) is 6.56. The highest BCUT2D eigenvalue weighted by molar-refractivity contribution is 5.92. The van der Waals surface area contributed by atoms with Crippen LogP contribution in [0.2, 0.25) is 0 Å². The van der Waals surface area contributed by atoms with Crippen molar-refractivity contribution in [1.82, 2.24) is 5.32 Å². The molecule has 0 fully saturated rings. The Balaban J connectivity index is 1.95. The van der Waals surface area contributed by atoms with Crippen molar-refractivity contribution in [2.45, 2.75) is 40.2 Å². The fourth-order valence-electron chi connectivity index (χ4n) is 2.71. The molecule has 2 aromatic rings. The molecule has 25 heavy (non-hydrogen) atoms. The second kappa shape index (κ2) is 8.51. The molecular weight excluding hydrogens is 318 g/mol. The minimum atomic E-state index is -0.551. The van der Waals surface area contributed by atoms with Gasteiger partial charge in [0.25, 0.3) is 5.91 Å². The van der Waals surface area contributed by atoms with Crippen LogP contribution in [0.25, 0.3) is 0 Å². The van der Waals surface area contributed by atoms with E-state index in [1.165, 1.54) is 0 Å². The maximum Gasteiger partial charge on any atom is 0.342 e. The van der Waals surface area contributed by atoms with E-state index in [4.69, 9.17) is 9.15 Å². The molecule has 1 heterocycles. The topological polar surface area (TPSA) is 68.5 Å². The average molecular weight is 343 g/mol. The molecule has 0 unspecified atom stereocenters. The summed E-state index contributed by atoms with van der Waals surface area (Å²) in [5.41, 5.74) is 1.39. The number of hydrogen-bond acceptors (Lipinski definition) is 4. The number of nitrogens with one attached hydrogen (secondary N) is 1. The fourth-order valence-corrected chi connectivity index (χ4v) is 2.71. The summed E-state index contributed by atoms with van der Waals surface area (Å²) in [5.74, 6) is 0.676. The van der Waals surface area contributed by atoms with Gasteiger partial charge in [0, 0.05) is 0 Å².